The van der Waals surface area contributed by atoms with Crippen LogP contribution in [-0.4, -0.2) is 6.61 Å². The number of rotatable bonds is 1. The molecule has 3 heteroatoms. The third-order valence-corrected chi connectivity index (χ3v) is 0.833. The third-order valence-electron chi connectivity index (χ3n) is 0.833. The van der Waals surface area contributed by atoms with Crippen molar-refractivity contribution < 1.29 is 9.78 Å². The van der Waals surface area contributed by atoms with Gasteiger partial charge in [-0.05, 0) is 0 Å². The molecule has 0 N–H and O–H groups in total. The second-order valence-corrected chi connectivity index (χ2v) is 1.47. The molecule has 0 saturated carbocycles. The lowest BCUT2D eigenvalue weighted by atomic mass is 10.2. The fraction of sp³-hybridized carbons (Fsp3) is 0.400. The van der Waals surface area contributed by atoms with E-state index in [2.05, 4.69) is 9.78 Å². The minimum Gasteiger partial charge on any atom is -0.345 e. The smallest absolute Gasteiger partial charge is 0.132 e. The van der Waals surface area contributed by atoms with E-state index in [4.69, 9.17) is 5.26 Å². The molecule has 42 valence electrons. The van der Waals surface area contributed by atoms with Crippen LogP contribution in [0.25, 0.3) is 0 Å². The molecule has 0 saturated heterocycles. The monoisotopic (exact) mass is 111 g/mol. The predicted molar refractivity (Wildman–Crippen MR) is 25.3 cm³/mol. The second kappa shape index (κ2) is 2.34. The van der Waals surface area contributed by atoms with E-state index in [-0.39, 0.29) is 0 Å². The average molecular weight is 111 g/mol. The summed E-state index contributed by atoms with van der Waals surface area (Å²) in [6.07, 6.45) is 1.86. The van der Waals surface area contributed by atoms with Crippen LogP contribution in [0, 0.1) is 11.3 Å². The van der Waals surface area contributed by atoms with Gasteiger partial charge in [-0.2, -0.15) is 10.1 Å². The van der Waals surface area contributed by atoms with Crippen LogP contribution in [0.5, 0.6) is 0 Å². The summed E-state index contributed by atoms with van der Waals surface area (Å²) in [6, 6.07) is 1.98. The Hall–Kier alpha value is -1.01. The molecule has 8 heavy (non-hydrogen) atoms. The molecular weight excluding hydrogens is 106 g/mol. The summed E-state index contributed by atoms with van der Waals surface area (Å²) in [4.78, 5) is 8.86. The minimum absolute atomic E-state index is 0.403. The van der Waals surface area contributed by atoms with Crippen LogP contribution in [0.3, 0.4) is 0 Å². The fourth-order valence-corrected chi connectivity index (χ4v) is 0.440. The van der Waals surface area contributed by atoms with Crippen molar-refractivity contribution in [3.05, 3.63) is 11.8 Å². The van der Waals surface area contributed by atoms with Crippen LogP contribution in [0.1, 0.15) is 6.42 Å². The van der Waals surface area contributed by atoms with Gasteiger partial charge < -0.3 is 4.89 Å². The van der Waals surface area contributed by atoms with E-state index < -0.39 is 0 Å². The highest BCUT2D eigenvalue weighted by molar-refractivity contribution is 5.06. The molecule has 0 amide bonds. The van der Waals surface area contributed by atoms with Gasteiger partial charge in [-0.25, -0.2) is 0 Å². The molecule has 1 aliphatic rings. The van der Waals surface area contributed by atoms with E-state index in [1.54, 1.807) is 0 Å². The van der Waals surface area contributed by atoms with Gasteiger partial charge in [-0.1, -0.05) is 0 Å². The largest absolute Gasteiger partial charge is 0.345 e. The summed E-state index contributed by atoms with van der Waals surface area (Å²) >= 11 is 0. The summed E-state index contributed by atoms with van der Waals surface area (Å²) in [5, 5.41) is 8.12. The molecule has 3 nitrogen and oxygen atoms in total. The molecule has 0 fully saturated rings. The topological polar surface area (TPSA) is 42.2 Å². The molecule has 0 bridgehead atoms. The van der Waals surface area contributed by atoms with Gasteiger partial charge in [0.25, 0.3) is 0 Å². The molecule has 1 heterocycles. The Morgan fingerprint density at radius 1 is 1.88 bits per heavy atom. The molecule has 0 unspecified atom stereocenters. The summed E-state index contributed by atoms with van der Waals surface area (Å²) in [7, 11) is 0. The highest BCUT2D eigenvalue weighted by Gasteiger charge is 2.04. The SMILES string of the molecule is N#CCC1=COOC1. The van der Waals surface area contributed by atoms with Crippen molar-refractivity contribution in [3.63, 3.8) is 0 Å². The zero-order valence-corrected chi connectivity index (χ0v) is 4.26. The third kappa shape index (κ3) is 0.983. The number of nitriles is 1. The van der Waals surface area contributed by atoms with Crippen molar-refractivity contribution in [2.45, 2.75) is 6.42 Å². The van der Waals surface area contributed by atoms with Crippen molar-refractivity contribution in [1.29, 1.82) is 5.26 Å². The number of hydrogen-bond acceptors (Lipinski definition) is 3. The lowest BCUT2D eigenvalue weighted by Gasteiger charge is -1.83. The van der Waals surface area contributed by atoms with Gasteiger partial charge in [0.1, 0.15) is 12.9 Å². The Morgan fingerprint density at radius 2 is 2.75 bits per heavy atom. The van der Waals surface area contributed by atoms with Gasteiger partial charge in [0.2, 0.25) is 0 Å². The molecule has 0 aliphatic carbocycles. The van der Waals surface area contributed by atoms with Gasteiger partial charge in [-0.15, -0.1) is 0 Å². The van der Waals surface area contributed by atoms with E-state index in [0.717, 1.165) is 5.57 Å². The van der Waals surface area contributed by atoms with Crippen LogP contribution >= 0.6 is 0 Å². The summed E-state index contributed by atoms with van der Waals surface area (Å²) in [6.45, 7) is 0.438. The normalized spacial score (nSPS) is 16.6. The first-order valence-electron chi connectivity index (χ1n) is 2.26. The molecule has 1 aliphatic heterocycles. The Bertz CT molecular complexity index is 145. The lowest BCUT2D eigenvalue weighted by Crippen LogP contribution is -1.84. The van der Waals surface area contributed by atoms with Crippen LogP contribution in [0.15, 0.2) is 11.8 Å². The summed E-state index contributed by atoms with van der Waals surface area (Å²) in [5.74, 6) is 0. The van der Waals surface area contributed by atoms with Crippen LogP contribution < -0.4 is 0 Å². The van der Waals surface area contributed by atoms with Crippen LogP contribution in [-0.2, 0) is 9.78 Å². The fourth-order valence-electron chi connectivity index (χ4n) is 0.440. The molecule has 0 radical (unpaired) electrons. The van der Waals surface area contributed by atoms with Crippen molar-refractivity contribution in [1.82, 2.24) is 0 Å². The van der Waals surface area contributed by atoms with E-state index in [1.165, 1.54) is 6.26 Å². The van der Waals surface area contributed by atoms with Crippen molar-refractivity contribution in [3.8, 4) is 6.07 Å². The quantitative estimate of drug-likeness (QED) is 0.469. The lowest BCUT2D eigenvalue weighted by molar-refractivity contribution is -0.221. The second-order valence-electron chi connectivity index (χ2n) is 1.47. The van der Waals surface area contributed by atoms with Crippen molar-refractivity contribution in [2.75, 3.05) is 6.61 Å². The first kappa shape index (κ1) is 5.13. The maximum atomic E-state index is 8.12. The standard InChI is InChI=1S/C5H5NO2/c6-2-1-5-3-7-8-4-5/h3H,1,4H2. The first-order valence-corrected chi connectivity index (χ1v) is 2.26. The molecule has 0 aromatic carbocycles. The molecule has 0 aromatic rings. The van der Waals surface area contributed by atoms with E-state index in [1.807, 2.05) is 6.07 Å². The van der Waals surface area contributed by atoms with Crippen molar-refractivity contribution >= 4 is 0 Å². The Kier molecular flexibility index (Phi) is 1.50. The van der Waals surface area contributed by atoms with Gasteiger partial charge in [0, 0.05) is 5.57 Å². The van der Waals surface area contributed by atoms with Crippen LogP contribution in [0.2, 0.25) is 0 Å². The summed E-state index contributed by atoms with van der Waals surface area (Å²) < 4.78 is 0. The Labute approximate surface area is 47.1 Å². The van der Waals surface area contributed by atoms with Gasteiger partial charge >= 0.3 is 0 Å². The maximum Gasteiger partial charge on any atom is 0.132 e. The number of nitrogens with zero attached hydrogens (tertiary/aromatic N) is 1. The molecule has 0 spiro atoms. The molecule has 1 rings (SSSR count). The average Bonchev–Trinajstić information content (AvgIpc) is 2.19. The first-order chi connectivity index (χ1) is 3.93. The molecule has 0 atom stereocenters. The highest BCUT2D eigenvalue weighted by atomic mass is 17.2. The minimum atomic E-state index is 0.403. The van der Waals surface area contributed by atoms with Crippen LogP contribution in [0.4, 0.5) is 0 Å². The zero-order chi connectivity index (χ0) is 5.82. The van der Waals surface area contributed by atoms with Gasteiger partial charge in [0.15, 0.2) is 0 Å². The van der Waals surface area contributed by atoms with Gasteiger partial charge in [0.05, 0.1) is 12.5 Å². The zero-order valence-electron chi connectivity index (χ0n) is 4.26. The highest BCUT2D eigenvalue weighted by Crippen LogP contribution is 2.07. The van der Waals surface area contributed by atoms with Crippen molar-refractivity contribution in [2.24, 2.45) is 0 Å². The molecule has 0 aromatic heterocycles. The summed E-state index contributed by atoms with van der Waals surface area (Å²) in [5.41, 5.74) is 0.896. The van der Waals surface area contributed by atoms with E-state index in [0.29, 0.717) is 13.0 Å². The Balaban J connectivity index is 2.36. The predicted octanol–water partition coefficient (Wildman–Crippen LogP) is 0.746. The maximum absolute atomic E-state index is 8.12. The van der Waals surface area contributed by atoms with Gasteiger partial charge in [-0.3, -0.25) is 0 Å². The molecular formula is C5H5NO2. The van der Waals surface area contributed by atoms with E-state index >= 15 is 0 Å². The van der Waals surface area contributed by atoms with E-state index in [9.17, 15) is 0 Å². The Morgan fingerprint density at radius 3 is 3.25 bits per heavy atom. The number of hydrogen-bond donors (Lipinski definition) is 0.